The number of sulfone groups is 1. The number of hydrogen-bond donors (Lipinski definition) is 1. The minimum Gasteiger partial charge on any atom is -0.326 e. The van der Waals surface area contributed by atoms with Crippen LogP contribution in [-0.4, -0.2) is 20.1 Å². The summed E-state index contributed by atoms with van der Waals surface area (Å²) >= 11 is 11.6. The largest absolute Gasteiger partial charge is 0.326 e. The number of amides is 1. The zero-order valence-electron chi connectivity index (χ0n) is 12.3. The van der Waals surface area contributed by atoms with Crippen LogP contribution in [0.15, 0.2) is 47.4 Å². The van der Waals surface area contributed by atoms with Crippen LogP contribution >= 0.6 is 23.2 Å². The number of carbonyl (C=O) groups is 1. The lowest BCUT2D eigenvalue weighted by Gasteiger charge is -2.07. The Labute approximate surface area is 149 Å². The lowest BCUT2D eigenvalue weighted by atomic mass is 10.2. The van der Waals surface area contributed by atoms with Gasteiger partial charge >= 0.3 is 0 Å². The number of halogens is 2. The molecule has 2 rings (SSSR count). The van der Waals surface area contributed by atoms with E-state index in [2.05, 4.69) is 5.32 Å². The molecular weight excluding hydrogens is 371 g/mol. The van der Waals surface area contributed by atoms with E-state index in [0.717, 1.165) is 0 Å². The van der Waals surface area contributed by atoms with Crippen LogP contribution in [0.5, 0.6) is 0 Å². The first kappa shape index (κ1) is 18.3. The Morgan fingerprint density at radius 1 is 1.12 bits per heavy atom. The molecule has 124 valence electrons. The first-order valence-corrected chi connectivity index (χ1v) is 9.20. The Morgan fingerprint density at radius 2 is 1.88 bits per heavy atom. The minimum atomic E-state index is -3.66. The van der Waals surface area contributed by atoms with Crippen molar-refractivity contribution in [1.29, 1.82) is 5.26 Å². The van der Waals surface area contributed by atoms with E-state index in [9.17, 15) is 13.2 Å². The van der Waals surface area contributed by atoms with Crippen molar-refractivity contribution >= 4 is 44.6 Å². The van der Waals surface area contributed by atoms with Gasteiger partial charge in [0.05, 0.1) is 32.3 Å². The van der Waals surface area contributed by atoms with Crippen molar-refractivity contribution in [3.05, 3.63) is 58.1 Å². The Bertz CT molecular complexity index is 921. The highest BCUT2D eigenvalue weighted by Gasteiger charge is 2.17. The highest BCUT2D eigenvalue weighted by molar-refractivity contribution is 7.91. The van der Waals surface area contributed by atoms with Gasteiger partial charge in [-0.25, -0.2) is 8.42 Å². The number of nitriles is 1. The van der Waals surface area contributed by atoms with Crippen molar-refractivity contribution in [2.45, 2.75) is 11.3 Å². The zero-order chi connectivity index (χ0) is 17.7. The maximum atomic E-state index is 12.2. The lowest BCUT2D eigenvalue weighted by molar-refractivity contribution is -0.115. The van der Waals surface area contributed by atoms with Crippen LogP contribution in [-0.2, 0) is 14.6 Å². The van der Waals surface area contributed by atoms with Gasteiger partial charge in [0.25, 0.3) is 0 Å². The summed E-state index contributed by atoms with van der Waals surface area (Å²) in [4.78, 5) is 11.9. The van der Waals surface area contributed by atoms with E-state index >= 15 is 0 Å². The highest BCUT2D eigenvalue weighted by atomic mass is 35.5. The van der Waals surface area contributed by atoms with Gasteiger partial charge in [-0.3, -0.25) is 4.79 Å². The van der Waals surface area contributed by atoms with Gasteiger partial charge in [0.15, 0.2) is 9.84 Å². The molecule has 5 nitrogen and oxygen atoms in total. The van der Waals surface area contributed by atoms with Gasteiger partial charge in [0.2, 0.25) is 5.91 Å². The van der Waals surface area contributed by atoms with Gasteiger partial charge in [0, 0.05) is 12.1 Å². The third-order valence-electron chi connectivity index (χ3n) is 3.12. The summed E-state index contributed by atoms with van der Waals surface area (Å²) in [5, 5.41) is 11.8. The van der Waals surface area contributed by atoms with E-state index in [1.807, 2.05) is 6.07 Å². The number of hydrogen-bond acceptors (Lipinski definition) is 4. The van der Waals surface area contributed by atoms with Crippen LogP contribution < -0.4 is 5.32 Å². The second-order valence-corrected chi connectivity index (χ2v) is 7.81. The van der Waals surface area contributed by atoms with E-state index in [0.29, 0.717) is 11.3 Å². The van der Waals surface area contributed by atoms with E-state index in [-0.39, 0.29) is 27.1 Å². The molecule has 0 aliphatic heterocycles. The summed E-state index contributed by atoms with van der Waals surface area (Å²) in [5.74, 6) is -0.830. The smallest absolute Gasteiger partial charge is 0.225 e. The number of nitrogens with zero attached hydrogens (tertiary/aromatic N) is 1. The Kier molecular flexibility index (Phi) is 5.84. The molecule has 0 radical (unpaired) electrons. The lowest BCUT2D eigenvalue weighted by Crippen LogP contribution is -2.17. The van der Waals surface area contributed by atoms with Crippen molar-refractivity contribution in [3.63, 3.8) is 0 Å². The monoisotopic (exact) mass is 382 g/mol. The summed E-state index contributed by atoms with van der Waals surface area (Å²) < 4.78 is 24.5. The third-order valence-corrected chi connectivity index (χ3v) is 5.58. The molecule has 0 fully saturated rings. The molecule has 1 amide bonds. The van der Waals surface area contributed by atoms with E-state index in [1.165, 1.54) is 24.3 Å². The molecule has 0 aliphatic rings. The van der Waals surface area contributed by atoms with Crippen molar-refractivity contribution in [2.75, 3.05) is 11.1 Å². The van der Waals surface area contributed by atoms with Crippen molar-refractivity contribution < 1.29 is 13.2 Å². The molecular formula is C16H12Cl2N2O3S. The topological polar surface area (TPSA) is 87.0 Å². The summed E-state index contributed by atoms with van der Waals surface area (Å²) in [6, 6.07) is 12.3. The predicted octanol–water partition coefficient (Wildman–Crippen LogP) is 3.67. The van der Waals surface area contributed by atoms with Crippen LogP contribution in [0.2, 0.25) is 10.0 Å². The molecule has 0 bridgehead atoms. The SMILES string of the molecule is N#Cc1cccc(NC(=O)CCS(=O)(=O)c2ccc(Cl)c(Cl)c2)c1. The quantitative estimate of drug-likeness (QED) is 0.854. The van der Waals surface area contributed by atoms with Crippen molar-refractivity contribution in [3.8, 4) is 6.07 Å². The molecule has 0 heterocycles. The van der Waals surface area contributed by atoms with E-state index < -0.39 is 15.7 Å². The minimum absolute atomic E-state index is 0.0103. The van der Waals surface area contributed by atoms with Crippen LogP contribution in [0.1, 0.15) is 12.0 Å². The molecule has 0 atom stereocenters. The van der Waals surface area contributed by atoms with Gasteiger partial charge in [-0.05, 0) is 36.4 Å². The molecule has 0 spiro atoms. The molecule has 2 aromatic carbocycles. The molecule has 0 aromatic heterocycles. The van der Waals surface area contributed by atoms with Crippen LogP contribution in [0.4, 0.5) is 5.69 Å². The highest BCUT2D eigenvalue weighted by Crippen LogP contribution is 2.25. The van der Waals surface area contributed by atoms with Gasteiger partial charge in [-0.2, -0.15) is 5.26 Å². The van der Waals surface area contributed by atoms with Crippen LogP contribution in [0.3, 0.4) is 0 Å². The van der Waals surface area contributed by atoms with Crippen molar-refractivity contribution in [1.82, 2.24) is 0 Å². The van der Waals surface area contributed by atoms with Gasteiger partial charge in [-0.15, -0.1) is 0 Å². The molecule has 1 N–H and O–H groups in total. The fraction of sp³-hybridized carbons (Fsp3) is 0.125. The van der Waals surface area contributed by atoms with Crippen molar-refractivity contribution in [2.24, 2.45) is 0 Å². The number of carbonyl (C=O) groups excluding carboxylic acids is 1. The summed E-state index contributed by atoms with van der Waals surface area (Å²) in [6.07, 6.45) is -0.223. The third kappa shape index (κ3) is 4.71. The summed E-state index contributed by atoms with van der Waals surface area (Å²) in [5.41, 5.74) is 0.835. The summed E-state index contributed by atoms with van der Waals surface area (Å²) in [6.45, 7) is 0. The predicted molar refractivity (Wildman–Crippen MR) is 92.9 cm³/mol. The number of benzene rings is 2. The first-order chi connectivity index (χ1) is 11.3. The second-order valence-electron chi connectivity index (χ2n) is 4.89. The molecule has 0 unspecified atom stereocenters. The van der Waals surface area contributed by atoms with E-state index in [1.54, 1.807) is 18.2 Å². The molecule has 2 aromatic rings. The molecule has 24 heavy (non-hydrogen) atoms. The normalized spacial score (nSPS) is 10.9. The number of nitrogens with one attached hydrogen (secondary N) is 1. The average Bonchev–Trinajstić information content (AvgIpc) is 2.55. The zero-order valence-corrected chi connectivity index (χ0v) is 14.6. The Morgan fingerprint density at radius 3 is 2.54 bits per heavy atom. The summed E-state index contributed by atoms with van der Waals surface area (Å²) in [7, 11) is -3.66. The van der Waals surface area contributed by atoms with Gasteiger partial charge in [-0.1, -0.05) is 29.3 Å². The van der Waals surface area contributed by atoms with Gasteiger partial charge < -0.3 is 5.32 Å². The van der Waals surface area contributed by atoms with E-state index in [4.69, 9.17) is 28.5 Å². The van der Waals surface area contributed by atoms with Gasteiger partial charge in [0.1, 0.15) is 0 Å². The second kappa shape index (κ2) is 7.67. The molecule has 0 aliphatic carbocycles. The Balaban J connectivity index is 2.02. The average molecular weight is 383 g/mol. The fourth-order valence-electron chi connectivity index (χ4n) is 1.91. The number of anilines is 1. The molecule has 0 saturated heterocycles. The number of rotatable bonds is 5. The maximum Gasteiger partial charge on any atom is 0.225 e. The molecule has 8 heteroatoms. The standard InChI is InChI=1S/C16H12Cl2N2O3S/c17-14-5-4-13(9-15(14)18)24(22,23)7-6-16(21)20-12-3-1-2-11(8-12)10-19/h1-5,8-9H,6-7H2,(H,20,21). The van der Waals surface area contributed by atoms with Crippen LogP contribution in [0.25, 0.3) is 0 Å². The van der Waals surface area contributed by atoms with Crippen LogP contribution in [0, 0.1) is 11.3 Å². The molecule has 0 saturated carbocycles. The fourth-order valence-corrected chi connectivity index (χ4v) is 3.53. The maximum absolute atomic E-state index is 12.2. The first-order valence-electron chi connectivity index (χ1n) is 6.79. The Hall–Kier alpha value is -2.07.